The number of amides is 1. The largest absolute Gasteiger partial charge is 0.271 e. The lowest BCUT2D eigenvalue weighted by Crippen LogP contribution is -2.39. The van der Waals surface area contributed by atoms with Crippen molar-refractivity contribution in [2.45, 2.75) is 0 Å². The Morgan fingerprint density at radius 2 is 1.92 bits per heavy atom. The molecule has 0 saturated carbocycles. The Morgan fingerprint density at radius 1 is 1.21 bits per heavy atom. The Hall–Kier alpha value is -2.19. The number of hydrazone groups is 1. The van der Waals surface area contributed by atoms with Crippen molar-refractivity contribution in [3.8, 4) is 0 Å². The molecule has 0 radical (unpaired) electrons. The standard InChI is InChI=1S/C16H16BrN3O3S/c1-24(22,23)20(15-9-5-8-14(17)10-15)12-16(21)19-18-11-13-6-3-2-4-7-13/h2-11H,12H2,1H3,(H,19,21)/b18-11+. The first-order valence-electron chi connectivity index (χ1n) is 6.96. The molecule has 0 aliphatic carbocycles. The summed E-state index contributed by atoms with van der Waals surface area (Å²) in [5.41, 5.74) is 3.55. The molecule has 0 atom stereocenters. The Labute approximate surface area is 149 Å². The van der Waals surface area contributed by atoms with E-state index in [1.54, 1.807) is 24.3 Å². The molecule has 0 saturated heterocycles. The van der Waals surface area contributed by atoms with Gasteiger partial charge < -0.3 is 0 Å². The first-order valence-corrected chi connectivity index (χ1v) is 9.60. The molecule has 2 aromatic rings. The highest BCUT2D eigenvalue weighted by molar-refractivity contribution is 9.10. The van der Waals surface area contributed by atoms with Crippen molar-refractivity contribution >= 4 is 43.8 Å². The van der Waals surface area contributed by atoms with Crippen molar-refractivity contribution < 1.29 is 13.2 Å². The van der Waals surface area contributed by atoms with E-state index >= 15 is 0 Å². The first-order chi connectivity index (χ1) is 11.4. The summed E-state index contributed by atoms with van der Waals surface area (Å²) in [4.78, 5) is 12.0. The van der Waals surface area contributed by atoms with Crippen molar-refractivity contribution in [3.63, 3.8) is 0 Å². The van der Waals surface area contributed by atoms with Crippen molar-refractivity contribution in [2.75, 3.05) is 17.1 Å². The fourth-order valence-electron chi connectivity index (χ4n) is 1.91. The second kappa shape index (κ2) is 8.07. The predicted molar refractivity (Wildman–Crippen MR) is 98.5 cm³/mol. The summed E-state index contributed by atoms with van der Waals surface area (Å²) in [6.07, 6.45) is 2.54. The second-order valence-corrected chi connectivity index (χ2v) is 7.78. The van der Waals surface area contributed by atoms with E-state index in [1.807, 2.05) is 30.3 Å². The number of benzene rings is 2. The van der Waals surface area contributed by atoms with E-state index in [2.05, 4.69) is 26.5 Å². The van der Waals surface area contributed by atoms with Crippen molar-refractivity contribution in [3.05, 3.63) is 64.6 Å². The lowest BCUT2D eigenvalue weighted by molar-refractivity contribution is -0.119. The lowest BCUT2D eigenvalue weighted by atomic mass is 10.2. The maximum absolute atomic E-state index is 12.0. The van der Waals surface area contributed by atoms with E-state index in [4.69, 9.17) is 0 Å². The Kier molecular flexibility index (Phi) is 6.10. The van der Waals surface area contributed by atoms with Gasteiger partial charge in [-0.15, -0.1) is 0 Å². The summed E-state index contributed by atoms with van der Waals surface area (Å²) in [5, 5.41) is 3.83. The number of nitrogens with one attached hydrogen (secondary N) is 1. The van der Waals surface area contributed by atoms with Gasteiger partial charge in [-0.1, -0.05) is 52.3 Å². The quantitative estimate of drug-likeness (QED) is 0.587. The molecule has 0 aliphatic heterocycles. The minimum absolute atomic E-state index is 0.360. The van der Waals surface area contributed by atoms with Crippen LogP contribution in [-0.2, 0) is 14.8 Å². The highest BCUT2D eigenvalue weighted by Crippen LogP contribution is 2.21. The second-order valence-electron chi connectivity index (χ2n) is 4.95. The summed E-state index contributed by atoms with van der Waals surface area (Å²) in [6.45, 7) is -0.360. The molecule has 2 aromatic carbocycles. The monoisotopic (exact) mass is 409 g/mol. The van der Waals surface area contributed by atoms with Gasteiger partial charge in [-0.3, -0.25) is 9.10 Å². The molecule has 0 spiro atoms. The van der Waals surface area contributed by atoms with Gasteiger partial charge in [-0.2, -0.15) is 5.10 Å². The molecular formula is C16H16BrN3O3S. The van der Waals surface area contributed by atoms with Gasteiger partial charge in [0.1, 0.15) is 6.54 Å². The third-order valence-corrected chi connectivity index (χ3v) is 4.62. The van der Waals surface area contributed by atoms with Gasteiger partial charge in [0.05, 0.1) is 18.2 Å². The highest BCUT2D eigenvalue weighted by atomic mass is 79.9. The van der Waals surface area contributed by atoms with Crippen molar-refractivity contribution in [1.82, 2.24) is 5.43 Å². The minimum Gasteiger partial charge on any atom is -0.271 e. The van der Waals surface area contributed by atoms with E-state index in [-0.39, 0.29) is 6.54 Å². The topological polar surface area (TPSA) is 78.8 Å². The number of hydrogen-bond acceptors (Lipinski definition) is 4. The number of halogens is 1. The summed E-state index contributed by atoms with van der Waals surface area (Å²) >= 11 is 3.29. The fourth-order valence-corrected chi connectivity index (χ4v) is 3.15. The number of hydrogen-bond donors (Lipinski definition) is 1. The van der Waals surface area contributed by atoms with Crippen LogP contribution in [0, 0.1) is 0 Å². The third kappa shape index (κ3) is 5.47. The van der Waals surface area contributed by atoms with E-state index in [9.17, 15) is 13.2 Å². The van der Waals surface area contributed by atoms with Crippen LogP contribution in [0.15, 0.2) is 64.2 Å². The Morgan fingerprint density at radius 3 is 2.54 bits per heavy atom. The minimum atomic E-state index is -3.61. The summed E-state index contributed by atoms with van der Waals surface area (Å²) in [6, 6.07) is 16.0. The highest BCUT2D eigenvalue weighted by Gasteiger charge is 2.20. The zero-order valence-corrected chi connectivity index (χ0v) is 15.3. The van der Waals surface area contributed by atoms with Crippen LogP contribution in [-0.4, -0.2) is 33.3 Å². The van der Waals surface area contributed by atoms with E-state index in [0.717, 1.165) is 20.6 Å². The zero-order valence-electron chi connectivity index (χ0n) is 12.9. The molecule has 0 aliphatic rings. The Bertz CT molecular complexity index is 839. The summed E-state index contributed by atoms with van der Waals surface area (Å²) in [5.74, 6) is -0.535. The zero-order chi connectivity index (χ0) is 17.6. The van der Waals surface area contributed by atoms with Crippen LogP contribution in [0.2, 0.25) is 0 Å². The summed E-state index contributed by atoms with van der Waals surface area (Å²) in [7, 11) is -3.61. The van der Waals surface area contributed by atoms with E-state index in [1.165, 1.54) is 6.21 Å². The molecule has 0 bridgehead atoms. The first kappa shape index (κ1) is 18.2. The average Bonchev–Trinajstić information content (AvgIpc) is 2.52. The molecular weight excluding hydrogens is 394 g/mol. The van der Waals surface area contributed by atoms with Gasteiger partial charge in [0.25, 0.3) is 5.91 Å². The van der Waals surface area contributed by atoms with Crippen molar-refractivity contribution in [1.29, 1.82) is 0 Å². The molecule has 1 N–H and O–H groups in total. The van der Waals surface area contributed by atoms with Crippen molar-refractivity contribution in [2.24, 2.45) is 5.10 Å². The van der Waals surface area contributed by atoms with Crippen LogP contribution in [0.1, 0.15) is 5.56 Å². The number of carbonyl (C=O) groups excluding carboxylic acids is 1. The van der Waals surface area contributed by atoms with E-state index in [0.29, 0.717) is 5.69 Å². The molecule has 126 valence electrons. The smallest absolute Gasteiger partial charge is 0.260 e. The molecule has 0 aromatic heterocycles. The number of rotatable bonds is 6. The number of sulfonamides is 1. The third-order valence-electron chi connectivity index (χ3n) is 2.99. The van der Waals surface area contributed by atoms with Gasteiger partial charge in [0.15, 0.2) is 0 Å². The molecule has 2 rings (SSSR count). The molecule has 0 unspecified atom stereocenters. The molecule has 0 fully saturated rings. The number of nitrogens with zero attached hydrogens (tertiary/aromatic N) is 2. The number of carbonyl (C=O) groups is 1. The van der Waals surface area contributed by atoms with Crippen LogP contribution in [0.3, 0.4) is 0 Å². The van der Waals surface area contributed by atoms with Crippen LogP contribution < -0.4 is 9.73 Å². The maximum Gasteiger partial charge on any atom is 0.260 e. The van der Waals surface area contributed by atoms with Gasteiger partial charge >= 0.3 is 0 Å². The predicted octanol–water partition coefficient (Wildman–Crippen LogP) is 2.37. The SMILES string of the molecule is CS(=O)(=O)N(CC(=O)N/N=C/c1ccccc1)c1cccc(Br)c1. The average molecular weight is 410 g/mol. The molecule has 8 heteroatoms. The maximum atomic E-state index is 12.0. The molecule has 6 nitrogen and oxygen atoms in total. The van der Waals surface area contributed by atoms with Crippen LogP contribution in [0.25, 0.3) is 0 Å². The number of anilines is 1. The molecule has 0 heterocycles. The Balaban J connectivity index is 2.07. The van der Waals surface area contributed by atoms with Gasteiger partial charge in [0.2, 0.25) is 10.0 Å². The molecule has 1 amide bonds. The van der Waals surface area contributed by atoms with Gasteiger partial charge in [0, 0.05) is 4.47 Å². The molecule has 24 heavy (non-hydrogen) atoms. The van der Waals surface area contributed by atoms with Crippen LogP contribution in [0.5, 0.6) is 0 Å². The van der Waals surface area contributed by atoms with Crippen LogP contribution in [0.4, 0.5) is 5.69 Å². The summed E-state index contributed by atoms with van der Waals surface area (Å²) < 4.78 is 25.7. The van der Waals surface area contributed by atoms with Gasteiger partial charge in [-0.25, -0.2) is 13.8 Å². The normalized spacial score (nSPS) is 11.4. The van der Waals surface area contributed by atoms with Crippen LogP contribution >= 0.6 is 15.9 Å². The fraction of sp³-hybridized carbons (Fsp3) is 0.125. The lowest BCUT2D eigenvalue weighted by Gasteiger charge is -2.21. The van der Waals surface area contributed by atoms with E-state index < -0.39 is 15.9 Å². The van der Waals surface area contributed by atoms with Gasteiger partial charge in [-0.05, 0) is 23.8 Å².